The number of aryl methyl sites for hydroxylation is 2. The van der Waals surface area contributed by atoms with Gasteiger partial charge in [-0.15, -0.1) is 11.3 Å². The fourth-order valence-electron chi connectivity index (χ4n) is 1.78. The number of benzene rings is 1. The van der Waals surface area contributed by atoms with E-state index in [-0.39, 0.29) is 12.5 Å². The van der Waals surface area contributed by atoms with E-state index < -0.39 is 5.91 Å². The van der Waals surface area contributed by atoms with Gasteiger partial charge in [0.15, 0.2) is 6.61 Å². The zero-order valence-electron chi connectivity index (χ0n) is 12.3. The lowest BCUT2D eigenvalue weighted by molar-refractivity contribution is -0.130. The second kappa shape index (κ2) is 8.19. The summed E-state index contributed by atoms with van der Waals surface area (Å²) < 4.78 is 5.34. The Bertz CT molecular complexity index is 626. The first-order valence-electron chi connectivity index (χ1n) is 6.93. The summed E-state index contributed by atoms with van der Waals surface area (Å²) >= 11 is 1.61. The number of amides is 2. The van der Waals surface area contributed by atoms with Gasteiger partial charge in [0.25, 0.3) is 5.91 Å². The minimum Gasteiger partial charge on any atom is -0.484 e. The van der Waals surface area contributed by atoms with E-state index in [1.807, 2.05) is 42.6 Å². The Morgan fingerprint density at radius 3 is 2.68 bits per heavy atom. The van der Waals surface area contributed by atoms with Crippen molar-refractivity contribution in [3.05, 3.63) is 52.2 Å². The van der Waals surface area contributed by atoms with Gasteiger partial charge in [-0.3, -0.25) is 20.4 Å². The Balaban J connectivity index is 1.63. The van der Waals surface area contributed by atoms with Crippen LogP contribution in [0.1, 0.15) is 16.9 Å². The van der Waals surface area contributed by atoms with E-state index in [1.165, 1.54) is 0 Å². The Morgan fingerprint density at radius 2 is 1.95 bits per heavy atom. The van der Waals surface area contributed by atoms with Crippen LogP contribution in [0.15, 0.2) is 41.8 Å². The lowest BCUT2D eigenvalue weighted by Gasteiger charge is -2.09. The molecule has 0 bridgehead atoms. The Labute approximate surface area is 133 Å². The fraction of sp³-hybridized carbons (Fsp3) is 0.250. The smallest absolute Gasteiger partial charge is 0.276 e. The van der Waals surface area contributed by atoms with Gasteiger partial charge in [0.2, 0.25) is 5.91 Å². The summed E-state index contributed by atoms with van der Waals surface area (Å²) in [7, 11) is 0. The minimum absolute atomic E-state index is 0.144. The SMILES string of the molecule is Cc1cccc(OCC(=O)NNC(=O)CCc2cccs2)c1. The van der Waals surface area contributed by atoms with Gasteiger partial charge >= 0.3 is 0 Å². The van der Waals surface area contributed by atoms with Crippen molar-refractivity contribution < 1.29 is 14.3 Å². The van der Waals surface area contributed by atoms with Crippen molar-refractivity contribution >= 4 is 23.2 Å². The molecule has 1 heterocycles. The van der Waals surface area contributed by atoms with Crippen LogP contribution in [0.5, 0.6) is 5.75 Å². The Kier molecular flexibility index (Phi) is 5.97. The van der Waals surface area contributed by atoms with E-state index in [2.05, 4.69) is 10.9 Å². The van der Waals surface area contributed by atoms with E-state index in [0.29, 0.717) is 18.6 Å². The van der Waals surface area contributed by atoms with E-state index in [1.54, 1.807) is 17.4 Å². The van der Waals surface area contributed by atoms with E-state index >= 15 is 0 Å². The summed E-state index contributed by atoms with van der Waals surface area (Å²) in [5, 5.41) is 1.97. The van der Waals surface area contributed by atoms with Crippen molar-refractivity contribution in [1.29, 1.82) is 0 Å². The molecule has 22 heavy (non-hydrogen) atoms. The highest BCUT2D eigenvalue weighted by Gasteiger charge is 2.06. The summed E-state index contributed by atoms with van der Waals surface area (Å²) in [5.74, 6) is 0.00228. The first-order valence-corrected chi connectivity index (χ1v) is 7.81. The number of carbonyl (C=O) groups is 2. The highest BCUT2D eigenvalue weighted by atomic mass is 32.1. The molecular weight excluding hydrogens is 300 g/mol. The Hall–Kier alpha value is -2.34. The number of rotatable bonds is 6. The third kappa shape index (κ3) is 5.57. The predicted molar refractivity (Wildman–Crippen MR) is 85.6 cm³/mol. The first kappa shape index (κ1) is 16.0. The Morgan fingerprint density at radius 1 is 1.14 bits per heavy atom. The van der Waals surface area contributed by atoms with Gasteiger partial charge in [-0.25, -0.2) is 0 Å². The van der Waals surface area contributed by atoms with Crippen molar-refractivity contribution in [1.82, 2.24) is 10.9 Å². The molecule has 0 fully saturated rings. The van der Waals surface area contributed by atoms with Crippen LogP contribution in [0.3, 0.4) is 0 Å². The number of nitrogens with one attached hydrogen (secondary N) is 2. The van der Waals surface area contributed by atoms with Crippen LogP contribution in [0, 0.1) is 6.92 Å². The summed E-state index contributed by atoms with van der Waals surface area (Å²) in [4.78, 5) is 24.3. The monoisotopic (exact) mass is 318 g/mol. The van der Waals surface area contributed by atoms with Gasteiger partial charge in [-0.05, 0) is 42.5 Å². The number of ether oxygens (including phenoxy) is 1. The molecule has 2 N–H and O–H groups in total. The molecule has 0 atom stereocenters. The predicted octanol–water partition coefficient (Wildman–Crippen LogP) is 2.22. The van der Waals surface area contributed by atoms with Gasteiger partial charge in [0.05, 0.1) is 0 Å². The first-order chi connectivity index (χ1) is 10.6. The molecule has 0 aliphatic rings. The van der Waals surface area contributed by atoms with Gasteiger partial charge in [0.1, 0.15) is 5.75 Å². The number of carbonyl (C=O) groups excluding carboxylic acids is 2. The normalized spacial score (nSPS) is 10.0. The van der Waals surface area contributed by atoms with Crippen molar-refractivity contribution in [2.24, 2.45) is 0 Å². The molecule has 116 valence electrons. The maximum absolute atomic E-state index is 11.6. The topological polar surface area (TPSA) is 67.4 Å². The molecule has 5 nitrogen and oxygen atoms in total. The van der Waals surface area contributed by atoms with Gasteiger partial charge in [-0.2, -0.15) is 0 Å². The molecule has 1 aromatic heterocycles. The standard InChI is InChI=1S/C16H18N2O3S/c1-12-4-2-5-13(10-12)21-11-16(20)18-17-15(19)8-7-14-6-3-9-22-14/h2-6,9-10H,7-8,11H2,1H3,(H,17,19)(H,18,20). The molecule has 0 spiro atoms. The molecule has 0 aliphatic carbocycles. The van der Waals surface area contributed by atoms with E-state index in [4.69, 9.17) is 4.74 Å². The molecule has 6 heteroatoms. The minimum atomic E-state index is -0.397. The highest BCUT2D eigenvalue weighted by Crippen LogP contribution is 2.12. The quantitative estimate of drug-likeness (QED) is 0.803. The van der Waals surface area contributed by atoms with Gasteiger partial charge in [-0.1, -0.05) is 18.2 Å². The molecule has 2 rings (SSSR count). The second-order valence-electron chi connectivity index (χ2n) is 4.78. The number of hydrazine groups is 1. The molecule has 0 radical (unpaired) electrons. The van der Waals surface area contributed by atoms with Crippen molar-refractivity contribution in [3.63, 3.8) is 0 Å². The lowest BCUT2D eigenvalue weighted by atomic mass is 10.2. The van der Waals surface area contributed by atoms with E-state index in [0.717, 1.165) is 10.4 Å². The fourth-order valence-corrected chi connectivity index (χ4v) is 2.49. The highest BCUT2D eigenvalue weighted by molar-refractivity contribution is 7.09. The second-order valence-corrected chi connectivity index (χ2v) is 5.81. The maximum Gasteiger partial charge on any atom is 0.276 e. The summed E-state index contributed by atoms with van der Waals surface area (Å²) in [6.07, 6.45) is 0.999. The number of hydrogen-bond donors (Lipinski definition) is 2. The number of thiophene rings is 1. The average molecular weight is 318 g/mol. The third-order valence-corrected chi connectivity index (χ3v) is 3.82. The molecular formula is C16H18N2O3S. The summed E-state index contributed by atoms with van der Waals surface area (Å²) in [5.41, 5.74) is 5.77. The zero-order chi connectivity index (χ0) is 15.8. The average Bonchev–Trinajstić information content (AvgIpc) is 3.02. The molecule has 0 saturated carbocycles. The molecule has 0 aliphatic heterocycles. The van der Waals surface area contributed by atoms with Crippen LogP contribution in [-0.2, 0) is 16.0 Å². The van der Waals surface area contributed by atoms with Crippen molar-refractivity contribution in [2.45, 2.75) is 19.8 Å². The summed E-state index contributed by atoms with van der Waals surface area (Å²) in [6, 6.07) is 11.3. The van der Waals surface area contributed by atoms with Crippen LogP contribution in [0.2, 0.25) is 0 Å². The third-order valence-electron chi connectivity index (χ3n) is 2.88. The van der Waals surface area contributed by atoms with Crippen LogP contribution in [0.25, 0.3) is 0 Å². The molecule has 2 aromatic rings. The van der Waals surface area contributed by atoms with Crippen LogP contribution in [-0.4, -0.2) is 18.4 Å². The van der Waals surface area contributed by atoms with Gasteiger partial charge in [0, 0.05) is 11.3 Å². The number of hydrogen-bond acceptors (Lipinski definition) is 4. The molecule has 1 aromatic carbocycles. The molecule has 2 amide bonds. The van der Waals surface area contributed by atoms with Gasteiger partial charge < -0.3 is 4.74 Å². The van der Waals surface area contributed by atoms with Crippen molar-refractivity contribution in [2.75, 3.05) is 6.61 Å². The maximum atomic E-state index is 11.6. The molecule has 0 saturated heterocycles. The van der Waals surface area contributed by atoms with Crippen LogP contribution in [0.4, 0.5) is 0 Å². The van der Waals surface area contributed by atoms with Crippen molar-refractivity contribution in [3.8, 4) is 5.75 Å². The zero-order valence-corrected chi connectivity index (χ0v) is 13.1. The summed E-state index contributed by atoms with van der Waals surface area (Å²) in [6.45, 7) is 1.80. The van der Waals surface area contributed by atoms with Crippen LogP contribution < -0.4 is 15.6 Å². The molecule has 0 unspecified atom stereocenters. The van der Waals surface area contributed by atoms with Crippen LogP contribution >= 0.6 is 11.3 Å². The van der Waals surface area contributed by atoms with E-state index in [9.17, 15) is 9.59 Å². The lowest BCUT2D eigenvalue weighted by Crippen LogP contribution is -2.43. The largest absolute Gasteiger partial charge is 0.484 e.